The highest BCUT2D eigenvalue weighted by molar-refractivity contribution is 6.00. The fraction of sp³-hybridized carbons (Fsp3) is 0.333. The maximum atomic E-state index is 5.91. The molecule has 26 heavy (non-hydrogen) atoms. The lowest BCUT2D eigenvalue weighted by atomic mass is 10.1. The van der Waals surface area contributed by atoms with Gasteiger partial charge in [0.2, 0.25) is 0 Å². The Balaban J connectivity index is 1.34. The molecule has 134 valence electrons. The maximum Gasteiger partial charge on any atom is 0.128 e. The van der Waals surface area contributed by atoms with Crippen LogP contribution in [0, 0.1) is 0 Å². The summed E-state index contributed by atoms with van der Waals surface area (Å²) in [5.41, 5.74) is 3.37. The van der Waals surface area contributed by atoms with Gasteiger partial charge in [-0.15, -0.1) is 0 Å². The molecule has 0 aliphatic carbocycles. The molecule has 0 aromatic heterocycles. The van der Waals surface area contributed by atoms with Crippen LogP contribution < -0.4 is 15.4 Å². The van der Waals surface area contributed by atoms with Gasteiger partial charge in [0, 0.05) is 23.2 Å². The van der Waals surface area contributed by atoms with Crippen LogP contribution in [0.2, 0.25) is 0 Å². The van der Waals surface area contributed by atoms with Crippen LogP contribution in [0.3, 0.4) is 0 Å². The van der Waals surface area contributed by atoms with Crippen molar-refractivity contribution < 1.29 is 4.74 Å². The molecule has 0 fully saturated rings. The molecule has 2 atom stereocenters. The predicted molar refractivity (Wildman–Crippen MR) is 105 cm³/mol. The number of amidine groups is 2. The maximum absolute atomic E-state index is 5.91. The summed E-state index contributed by atoms with van der Waals surface area (Å²) >= 11 is 0. The van der Waals surface area contributed by atoms with Gasteiger partial charge in [-0.2, -0.15) is 0 Å². The van der Waals surface area contributed by atoms with E-state index >= 15 is 0 Å². The Bertz CT molecular complexity index is 753. The van der Waals surface area contributed by atoms with E-state index < -0.39 is 0 Å². The van der Waals surface area contributed by atoms with Crippen molar-refractivity contribution in [1.29, 1.82) is 0 Å². The van der Waals surface area contributed by atoms with E-state index in [1.54, 1.807) is 0 Å². The first-order valence-electron chi connectivity index (χ1n) is 9.12. The molecule has 0 bridgehead atoms. The van der Waals surface area contributed by atoms with E-state index in [4.69, 9.17) is 4.74 Å². The van der Waals surface area contributed by atoms with Crippen molar-refractivity contribution in [2.75, 3.05) is 13.1 Å². The molecular weight excluding hydrogens is 324 g/mol. The Kier molecular flexibility index (Phi) is 4.61. The van der Waals surface area contributed by atoms with Crippen LogP contribution in [0.5, 0.6) is 5.75 Å². The third-order valence-electron chi connectivity index (χ3n) is 4.57. The van der Waals surface area contributed by atoms with Crippen molar-refractivity contribution in [3.05, 3.63) is 65.2 Å². The third kappa shape index (κ3) is 3.72. The Hall–Kier alpha value is -2.82. The number of benzene rings is 2. The molecule has 4 rings (SSSR count). The topological polar surface area (TPSA) is 58.0 Å². The summed E-state index contributed by atoms with van der Waals surface area (Å²) in [6.45, 7) is 6.50. The van der Waals surface area contributed by atoms with E-state index in [-0.39, 0.29) is 0 Å². The molecule has 2 N–H and O–H groups in total. The number of nitrogens with zero attached hydrogens (tertiary/aromatic N) is 2. The molecule has 0 spiro atoms. The van der Waals surface area contributed by atoms with E-state index in [2.05, 4.69) is 58.7 Å². The number of rotatable bonds is 5. The van der Waals surface area contributed by atoms with Crippen molar-refractivity contribution in [2.24, 2.45) is 9.98 Å². The molecule has 2 aromatic carbocycles. The second kappa shape index (κ2) is 7.20. The van der Waals surface area contributed by atoms with Gasteiger partial charge in [0.25, 0.3) is 0 Å². The Morgan fingerprint density at radius 1 is 0.808 bits per heavy atom. The summed E-state index contributed by atoms with van der Waals surface area (Å²) in [5, 5.41) is 6.76. The summed E-state index contributed by atoms with van der Waals surface area (Å²) < 4.78 is 5.91. The zero-order valence-corrected chi connectivity index (χ0v) is 15.2. The predicted octanol–water partition coefficient (Wildman–Crippen LogP) is 2.74. The highest BCUT2D eigenvalue weighted by Gasteiger charge is 2.15. The largest absolute Gasteiger partial charge is 0.489 e. The van der Waals surface area contributed by atoms with Crippen molar-refractivity contribution in [1.82, 2.24) is 10.6 Å². The summed E-state index contributed by atoms with van der Waals surface area (Å²) in [5.74, 6) is 2.82. The molecule has 2 heterocycles. The quantitative estimate of drug-likeness (QED) is 0.873. The van der Waals surface area contributed by atoms with Crippen molar-refractivity contribution >= 4 is 11.7 Å². The van der Waals surface area contributed by atoms with Crippen LogP contribution in [0.25, 0.3) is 0 Å². The molecule has 2 aliphatic heterocycles. The van der Waals surface area contributed by atoms with Crippen molar-refractivity contribution in [3.63, 3.8) is 0 Å². The normalized spacial score (nSPS) is 21.6. The molecule has 5 heteroatoms. The third-order valence-corrected chi connectivity index (χ3v) is 4.57. The Morgan fingerprint density at radius 2 is 1.31 bits per heavy atom. The molecule has 0 saturated heterocycles. The van der Waals surface area contributed by atoms with Gasteiger partial charge in [0.15, 0.2) is 0 Å². The average molecular weight is 348 g/mol. The van der Waals surface area contributed by atoms with Gasteiger partial charge in [-0.25, -0.2) is 0 Å². The van der Waals surface area contributed by atoms with Crippen molar-refractivity contribution in [3.8, 4) is 5.75 Å². The smallest absolute Gasteiger partial charge is 0.128 e. The summed E-state index contributed by atoms with van der Waals surface area (Å²) in [6.07, 6.45) is 0. The molecular formula is C21H24N4O. The molecule has 2 unspecified atom stereocenters. The standard InChI is InChI=1S/C21H24N4O/c1-14-11-22-20(24-14)17-5-3-16(4-6-17)13-26-19-9-7-18(8-10-19)21-23-12-15(2)25-21/h3-10,14-15H,11-13H2,1-2H3,(H,22,24)(H,23,25). The first kappa shape index (κ1) is 16.6. The Morgan fingerprint density at radius 3 is 1.77 bits per heavy atom. The highest BCUT2D eigenvalue weighted by Crippen LogP contribution is 2.16. The van der Waals surface area contributed by atoms with Gasteiger partial charge < -0.3 is 15.4 Å². The van der Waals surface area contributed by atoms with Gasteiger partial charge in [0.1, 0.15) is 24.0 Å². The lowest BCUT2D eigenvalue weighted by Crippen LogP contribution is -2.27. The highest BCUT2D eigenvalue weighted by atomic mass is 16.5. The first-order chi connectivity index (χ1) is 12.7. The minimum atomic E-state index is 0.414. The van der Waals surface area contributed by atoms with Crippen LogP contribution >= 0.6 is 0 Å². The van der Waals surface area contributed by atoms with Crippen LogP contribution in [0.1, 0.15) is 30.5 Å². The molecule has 0 amide bonds. The van der Waals surface area contributed by atoms with E-state index in [0.717, 1.165) is 47.2 Å². The SMILES string of the molecule is CC1CN=C(c2ccc(COc3ccc(C4=NCC(C)N4)cc3)cc2)N1. The molecule has 0 radical (unpaired) electrons. The summed E-state index contributed by atoms with van der Waals surface area (Å²) in [4.78, 5) is 9.02. The van der Waals surface area contributed by atoms with Crippen LogP contribution in [-0.2, 0) is 6.61 Å². The van der Waals surface area contributed by atoms with Crippen LogP contribution in [0.15, 0.2) is 58.5 Å². The zero-order valence-electron chi connectivity index (χ0n) is 15.2. The number of nitrogens with one attached hydrogen (secondary N) is 2. The van der Waals surface area contributed by atoms with Gasteiger partial charge in [0.05, 0.1) is 13.1 Å². The van der Waals surface area contributed by atoms with Crippen molar-refractivity contribution in [2.45, 2.75) is 32.5 Å². The van der Waals surface area contributed by atoms with Gasteiger partial charge >= 0.3 is 0 Å². The van der Waals surface area contributed by atoms with Gasteiger partial charge in [-0.1, -0.05) is 24.3 Å². The summed E-state index contributed by atoms with van der Waals surface area (Å²) in [7, 11) is 0. The van der Waals surface area contributed by atoms with E-state index in [1.165, 1.54) is 0 Å². The first-order valence-corrected chi connectivity index (χ1v) is 9.12. The fourth-order valence-corrected chi connectivity index (χ4v) is 3.09. The average Bonchev–Trinajstić information content (AvgIpc) is 3.29. The Labute approximate surface area is 154 Å². The second-order valence-corrected chi connectivity index (χ2v) is 6.98. The van der Waals surface area contributed by atoms with E-state index in [0.29, 0.717) is 18.7 Å². The van der Waals surface area contributed by atoms with E-state index in [9.17, 15) is 0 Å². The molecule has 2 aliphatic rings. The van der Waals surface area contributed by atoms with Gasteiger partial charge in [-0.05, 0) is 43.7 Å². The zero-order chi connectivity index (χ0) is 17.9. The number of aliphatic imine (C=N–C) groups is 2. The van der Waals surface area contributed by atoms with E-state index in [1.807, 2.05) is 24.3 Å². The lowest BCUT2D eigenvalue weighted by molar-refractivity contribution is 0.306. The fourth-order valence-electron chi connectivity index (χ4n) is 3.09. The molecule has 2 aromatic rings. The van der Waals surface area contributed by atoms with Gasteiger partial charge in [-0.3, -0.25) is 9.98 Å². The second-order valence-electron chi connectivity index (χ2n) is 6.98. The minimum Gasteiger partial charge on any atom is -0.489 e. The molecule has 5 nitrogen and oxygen atoms in total. The number of ether oxygens (including phenoxy) is 1. The number of hydrogen-bond acceptors (Lipinski definition) is 5. The summed E-state index contributed by atoms with van der Waals surface area (Å²) in [6, 6.07) is 17.3. The molecule has 0 saturated carbocycles. The monoisotopic (exact) mass is 348 g/mol. The minimum absolute atomic E-state index is 0.414. The number of hydrogen-bond donors (Lipinski definition) is 2. The van der Waals surface area contributed by atoms with Crippen LogP contribution in [-0.4, -0.2) is 36.8 Å². The van der Waals surface area contributed by atoms with Crippen LogP contribution in [0.4, 0.5) is 0 Å². The lowest BCUT2D eigenvalue weighted by Gasteiger charge is -2.10.